The molecule has 0 saturated heterocycles. The standard InChI is InChI=1S/C17H18N2/c18-11-16-6-3-7-17(16)19-12-13-8-9-14-4-1-2-5-15(14)10-13/h1-2,4-5,8-10,16-17,19H,3,6-7,12H2. The molecule has 2 nitrogen and oxygen atoms in total. The Bertz CT molecular complexity index is 612. The van der Waals surface area contributed by atoms with Crippen LogP contribution >= 0.6 is 0 Å². The van der Waals surface area contributed by atoms with Crippen LogP contribution in [-0.4, -0.2) is 6.04 Å². The normalized spacial score (nSPS) is 22.5. The zero-order chi connectivity index (χ0) is 13.1. The number of fused-ring (bicyclic) bond motifs is 1. The van der Waals surface area contributed by atoms with Crippen molar-refractivity contribution in [3.8, 4) is 6.07 Å². The van der Waals surface area contributed by atoms with Crippen molar-refractivity contribution in [2.75, 3.05) is 0 Å². The Morgan fingerprint density at radius 2 is 1.95 bits per heavy atom. The molecule has 1 aliphatic carbocycles. The predicted molar refractivity (Wildman–Crippen MR) is 77.5 cm³/mol. The van der Waals surface area contributed by atoms with Crippen molar-refractivity contribution < 1.29 is 0 Å². The van der Waals surface area contributed by atoms with Crippen molar-refractivity contribution in [1.82, 2.24) is 5.32 Å². The molecule has 2 heteroatoms. The van der Waals surface area contributed by atoms with Crippen molar-refractivity contribution >= 4 is 10.8 Å². The van der Waals surface area contributed by atoms with Crippen LogP contribution in [0.2, 0.25) is 0 Å². The second-order valence-electron chi connectivity index (χ2n) is 5.34. The summed E-state index contributed by atoms with van der Waals surface area (Å²) >= 11 is 0. The Hall–Kier alpha value is -1.85. The maximum Gasteiger partial charge on any atom is 0.0672 e. The average molecular weight is 250 g/mol. The second kappa shape index (κ2) is 5.42. The molecule has 1 fully saturated rings. The zero-order valence-electron chi connectivity index (χ0n) is 11.0. The predicted octanol–water partition coefficient (Wildman–Crippen LogP) is 3.62. The summed E-state index contributed by atoms with van der Waals surface area (Å²) < 4.78 is 0. The van der Waals surface area contributed by atoms with E-state index in [9.17, 15) is 0 Å². The lowest BCUT2D eigenvalue weighted by Gasteiger charge is -2.15. The first kappa shape index (κ1) is 12.2. The Balaban J connectivity index is 1.70. The van der Waals surface area contributed by atoms with E-state index >= 15 is 0 Å². The van der Waals surface area contributed by atoms with Crippen LogP contribution in [-0.2, 0) is 6.54 Å². The Labute approximate surface area is 114 Å². The number of hydrogen-bond acceptors (Lipinski definition) is 2. The largest absolute Gasteiger partial charge is 0.309 e. The molecule has 96 valence electrons. The van der Waals surface area contributed by atoms with E-state index in [0.717, 1.165) is 19.4 Å². The van der Waals surface area contributed by atoms with E-state index in [4.69, 9.17) is 5.26 Å². The molecule has 0 heterocycles. The molecule has 2 unspecified atom stereocenters. The molecule has 19 heavy (non-hydrogen) atoms. The van der Waals surface area contributed by atoms with Gasteiger partial charge in [-0.15, -0.1) is 0 Å². The lowest BCUT2D eigenvalue weighted by Crippen LogP contribution is -2.31. The number of nitrogens with zero attached hydrogens (tertiary/aromatic N) is 1. The highest BCUT2D eigenvalue weighted by molar-refractivity contribution is 5.82. The van der Waals surface area contributed by atoms with Crippen LogP contribution in [0.3, 0.4) is 0 Å². The van der Waals surface area contributed by atoms with Crippen molar-refractivity contribution in [2.45, 2.75) is 31.8 Å². The molecule has 1 N–H and O–H groups in total. The molecule has 1 saturated carbocycles. The van der Waals surface area contributed by atoms with Gasteiger partial charge in [-0.25, -0.2) is 0 Å². The lowest BCUT2D eigenvalue weighted by atomic mass is 10.0. The van der Waals surface area contributed by atoms with Gasteiger partial charge in [0.15, 0.2) is 0 Å². The van der Waals surface area contributed by atoms with Crippen molar-refractivity contribution in [3.63, 3.8) is 0 Å². The van der Waals surface area contributed by atoms with Gasteiger partial charge in [0.2, 0.25) is 0 Å². The van der Waals surface area contributed by atoms with E-state index in [1.54, 1.807) is 0 Å². The highest BCUT2D eigenvalue weighted by Gasteiger charge is 2.26. The van der Waals surface area contributed by atoms with Crippen LogP contribution in [0, 0.1) is 17.2 Å². The van der Waals surface area contributed by atoms with E-state index in [1.165, 1.54) is 22.8 Å². The molecule has 2 atom stereocenters. The summed E-state index contributed by atoms with van der Waals surface area (Å²) in [4.78, 5) is 0. The van der Waals surface area contributed by atoms with E-state index in [0.29, 0.717) is 6.04 Å². The first-order valence-electron chi connectivity index (χ1n) is 6.97. The fourth-order valence-corrected chi connectivity index (χ4v) is 2.96. The molecular weight excluding hydrogens is 232 g/mol. The Morgan fingerprint density at radius 3 is 2.79 bits per heavy atom. The van der Waals surface area contributed by atoms with Crippen LogP contribution in [0.5, 0.6) is 0 Å². The zero-order valence-corrected chi connectivity index (χ0v) is 11.0. The van der Waals surface area contributed by atoms with Gasteiger partial charge in [-0.3, -0.25) is 0 Å². The van der Waals surface area contributed by atoms with Gasteiger partial charge < -0.3 is 5.32 Å². The van der Waals surface area contributed by atoms with Gasteiger partial charge in [-0.05, 0) is 35.2 Å². The third kappa shape index (κ3) is 2.62. The van der Waals surface area contributed by atoms with E-state index in [1.807, 2.05) is 0 Å². The first-order valence-corrected chi connectivity index (χ1v) is 6.97. The molecule has 1 aliphatic rings. The van der Waals surface area contributed by atoms with Gasteiger partial charge in [-0.2, -0.15) is 5.26 Å². The average Bonchev–Trinajstić information content (AvgIpc) is 2.92. The maximum atomic E-state index is 9.08. The smallest absolute Gasteiger partial charge is 0.0672 e. The highest BCUT2D eigenvalue weighted by Crippen LogP contribution is 2.25. The van der Waals surface area contributed by atoms with E-state index < -0.39 is 0 Å². The molecule has 0 bridgehead atoms. The summed E-state index contributed by atoms with van der Waals surface area (Å²) in [5.41, 5.74) is 1.29. The van der Waals surface area contributed by atoms with Gasteiger partial charge in [0.1, 0.15) is 0 Å². The third-order valence-corrected chi connectivity index (χ3v) is 4.06. The maximum absolute atomic E-state index is 9.08. The second-order valence-corrected chi connectivity index (χ2v) is 5.34. The molecule has 3 rings (SSSR count). The van der Waals surface area contributed by atoms with Gasteiger partial charge >= 0.3 is 0 Å². The number of rotatable bonds is 3. The number of hydrogen-bond donors (Lipinski definition) is 1. The fourth-order valence-electron chi connectivity index (χ4n) is 2.96. The minimum absolute atomic E-state index is 0.195. The summed E-state index contributed by atoms with van der Waals surface area (Å²) in [6.45, 7) is 0.855. The Morgan fingerprint density at radius 1 is 1.11 bits per heavy atom. The van der Waals surface area contributed by atoms with Crippen LogP contribution in [0.4, 0.5) is 0 Å². The van der Waals surface area contributed by atoms with Crippen LogP contribution in [0.25, 0.3) is 10.8 Å². The molecule has 0 spiro atoms. The van der Waals surface area contributed by atoms with Gasteiger partial charge in [0.25, 0.3) is 0 Å². The summed E-state index contributed by atoms with van der Waals surface area (Å²) in [7, 11) is 0. The summed E-state index contributed by atoms with van der Waals surface area (Å²) in [5, 5.41) is 15.2. The monoisotopic (exact) mass is 250 g/mol. The molecule has 0 amide bonds. The number of nitrogens with one attached hydrogen (secondary N) is 1. The molecule has 2 aromatic rings. The van der Waals surface area contributed by atoms with Crippen molar-refractivity contribution in [3.05, 3.63) is 48.0 Å². The molecule has 0 radical (unpaired) electrons. The van der Waals surface area contributed by atoms with Crippen LogP contribution in [0.1, 0.15) is 24.8 Å². The highest BCUT2D eigenvalue weighted by atomic mass is 14.9. The number of nitriles is 1. The molecule has 0 aromatic heterocycles. The molecule has 0 aliphatic heterocycles. The van der Waals surface area contributed by atoms with Gasteiger partial charge in [0, 0.05) is 12.6 Å². The summed E-state index contributed by atoms with van der Waals surface area (Å²) in [6, 6.07) is 17.8. The quantitative estimate of drug-likeness (QED) is 0.903. The minimum Gasteiger partial charge on any atom is -0.309 e. The fraction of sp³-hybridized carbons (Fsp3) is 0.353. The summed E-state index contributed by atoms with van der Waals surface area (Å²) in [6.07, 6.45) is 3.35. The van der Waals surface area contributed by atoms with Gasteiger partial charge in [0.05, 0.1) is 12.0 Å². The third-order valence-electron chi connectivity index (χ3n) is 4.06. The lowest BCUT2D eigenvalue weighted by molar-refractivity contribution is 0.464. The van der Waals surface area contributed by atoms with E-state index in [-0.39, 0.29) is 5.92 Å². The minimum atomic E-state index is 0.195. The van der Waals surface area contributed by atoms with E-state index in [2.05, 4.69) is 53.9 Å². The van der Waals surface area contributed by atoms with Crippen molar-refractivity contribution in [2.24, 2.45) is 5.92 Å². The SMILES string of the molecule is N#CC1CCCC1NCc1ccc2ccccc2c1. The topological polar surface area (TPSA) is 35.8 Å². The number of benzene rings is 2. The van der Waals surface area contributed by atoms with Gasteiger partial charge in [-0.1, -0.05) is 42.8 Å². The molecular formula is C17H18N2. The summed E-state index contributed by atoms with van der Waals surface area (Å²) in [5.74, 6) is 0.195. The van der Waals surface area contributed by atoms with Crippen molar-refractivity contribution in [1.29, 1.82) is 5.26 Å². The Kier molecular flexibility index (Phi) is 3.48. The van der Waals surface area contributed by atoms with Crippen LogP contribution in [0.15, 0.2) is 42.5 Å². The molecule has 2 aromatic carbocycles. The first-order chi connectivity index (χ1) is 9.36. The van der Waals surface area contributed by atoms with Crippen LogP contribution < -0.4 is 5.32 Å².